The van der Waals surface area contributed by atoms with Gasteiger partial charge in [-0.05, 0) is 42.5 Å². The molecular formula is C23H13Br2F2N3O5. The molecule has 0 saturated carbocycles. The molecule has 12 heteroatoms. The van der Waals surface area contributed by atoms with Crippen molar-refractivity contribution in [3.05, 3.63) is 95.1 Å². The highest BCUT2D eigenvalue weighted by molar-refractivity contribution is 9.10. The number of nitrogen functional groups attached to an aromatic ring is 1. The summed E-state index contributed by atoms with van der Waals surface area (Å²) in [4.78, 5) is 30.1. The summed E-state index contributed by atoms with van der Waals surface area (Å²) in [5.41, 5.74) is 4.56. The van der Waals surface area contributed by atoms with Crippen LogP contribution < -0.4 is 22.3 Å². The number of benzene rings is 2. The van der Waals surface area contributed by atoms with Gasteiger partial charge in [-0.1, -0.05) is 31.9 Å². The minimum absolute atomic E-state index is 0.0352. The van der Waals surface area contributed by atoms with Gasteiger partial charge < -0.3 is 19.3 Å². The van der Waals surface area contributed by atoms with E-state index in [1.807, 2.05) is 0 Å². The zero-order valence-electron chi connectivity index (χ0n) is 17.6. The number of oxazole rings is 2. The Bertz CT molecular complexity index is 1710. The lowest BCUT2D eigenvalue weighted by atomic mass is 9.86. The maximum Gasteiger partial charge on any atom is 0.362 e. The van der Waals surface area contributed by atoms with Crippen LogP contribution in [0, 0.1) is 11.6 Å². The van der Waals surface area contributed by atoms with E-state index in [9.17, 15) is 18.4 Å². The zero-order valence-corrected chi connectivity index (χ0v) is 20.8. The van der Waals surface area contributed by atoms with Crippen LogP contribution in [-0.4, -0.2) is 22.6 Å². The maximum absolute atomic E-state index is 15.0. The largest absolute Gasteiger partial charge is 0.465 e. The Morgan fingerprint density at radius 2 is 1.83 bits per heavy atom. The van der Waals surface area contributed by atoms with E-state index in [4.69, 9.17) is 19.3 Å². The highest BCUT2D eigenvalue weighted by atomic mass is 79.9. The fourth-order valence-corrected chi connectivity index (χ4v) is 4.72. The molecule has 4 aromatic rings. The fourth-order valence-electron chi connectivity index (χ4n) is 3.96. The lowest BCUT2D eigenvalue weighted by Gasteiger charge is -2.22. The predicted molar refractivity (Wildman–Crippen MR) is 127 cm³/mol. The number of carbonyl (C=O) groups is 1. The van der Waals surface area contributed by atoms with Crippen LogP contribution in [0.3, 0.4) is 0 Å². The van der Waals surface area contributed by atoms with Gasteiger partial charge >= 0.3 is 11.6 Å². The Hall–Kier alpha value is -3.51. The average molecular weight is 609 g/mol. The summed E-state index contributed by atoms with van der Waals surface area (Å²) in [5, 5.41) is -0.177. The smallest absolute Gasteiger partial charge is 0.362 e. The number of rotatable bonds is 3. The first-order chi connectivity index (χ1) is 16.7. The van der Waals surface area contributed by atoms with Crippen LogP contribution in [0.2, 0.25) is 0 Å². The van der Waals surface area contributed by atoms with Crippen molar-refractivity contribution in [2.45, 2.75) is 5.92 Å². The summed E-state index contributed by atoms with van der Waals surface area (Å²) in [6, 6.07) is 8.02. The first-order valence-corrected chi connectivity index (χ1v) is 11.5. The number of halogens is 4. The number of aromatic nitrogens is 2. The maximum atomic E-state index is 15.0. The highest BCUT2D eigenvalue weighted by Crippen LogP contribution is 2.40. The molecule has 0 unspecified atom stereocenters. The zero-order chi connectivity index (χ0) is 25.0. The fraction of sp³-hybridized carbons (Fsp3) is 0.0870. The van der Waals surface area contributed by atoms with Gasteiger partial charge in [-0.25, -0.2) is 22.9 Å². The number of esters is 1. The van der Waals surface area contributed by atoms with Crippen molar-refractivity contribution in [2.75, 3.05) is 12.8 Å². The lowest BCUT2D eigenvalue weighted by Crippen LogP contribution is -2.37. The summed E-state index contributed by atoms with van der Waals surface area (Å²) < 4.78 is 47.7. The normalized spacial score (nSPS) is 15.2. The molecule has 2 aromatic carbocycles. The lowest BCUT2D eigenvalue weighted by molar-refractivity contribution is -0.134. The van der Waals surface area contributed by atoms with Crippen molar-refractivity contribution in [3.8, 4) is 5.88 Å². The topological polar surface area (TPSA) is 113 Å². The number of carbonyl (C=O) groups excluding carboxylic acids is 1. The molecule has 0 spiro atoms. The molecule has 3 heterocycles. The summed E-state index contributed by atoms with van der Waals surface area (Å²) in [6.07, 6.45) is 1.23. The molecule has 0 amide bonds. The molecule has 1 aliphatic heterocycles. The Morgan fingerprint density at radius 3 is 2.54 bits per heavy atom. The number of fused-ring (bicyclic) bond motifs is 3. The Balaban J connectivity index is 1.95. The van der Waals surface area contributed by atoms with Crippen LogP contribution in [-0.2, 0) is 9.53 Å². The Labute approximate surface area is 211 Å². The van der Waals surface area contributed by atoms with E-state index in [-0.39, 0.29) is 45.2 Å². The van der Waals surface area contributed by atoms with Gasteiger partial charge in [-0.3, -0.25) is 0 Å². The van der Waals surface area contributed by atoms with Crippen molar-refractivity contribution in [2.24, 2.45) is 0 Å². The van der Waals surface area contributed by atoms with E-state index in [1.54, 1.807) is 0 Å². The Kier molecular flexibility index (Phi) is 5.72. The predicted octanol–water partition coefficient (Wildman–Crippen LogP) is 3.10. The number of hydrogen-bond donors (Lipinski definition) is 1. The number of hydrogen-bond acceptors (Lipinski definition) is 7. The van der Waals surface area contributed by atoms with Crippen LogP contribution in [0.4, 0.5) is 14.8 Å². The van der Waals surface area contributed by atoms with Gasteiger partial charge in [0.1, 0.15) is 28.3 Å². The summed E-state index contributed by atoms with van der Waals surface area (Å²) >= 11 is 6.56. The van der Waals surface area contributed by atoms with Crippen molar-refractivity contribution in [1.29, 1.82) is 0 Å². The van der Waals surface area contributed by atoms with Crippen molar-refractivity contribution >= 4 is 55.5 Å². The molecule has 8 nitrogen and oxygen atoms in total. The summed E-state index contributed by atoms with van der Waals surface area (Å²) in [6.45, 7) is 0. The second kappa shape index (κ2) is 8.61. The van der Waals surface area contributed by atoms with Crippen molar-refractivity contribution in [3.63, 3.8) is 0 Å². The van der Waals surface area contributed by atoms with E-state index in [0.717, 1.165) is 11.7 Å². The quantitative estimate of drug-likeness (QED) is 0.356. The number of nitrogens with zero attached hydrogens (tertiary/aromatic N) is 2. The van der Waals surface area contributed by atoms with Crippen molar-refractivity contribution < 1.29 is 27.1 Å². The summed E-state index contributed by atoms with van der Waals surface area (Å²) in [7, 11) is 1.13. The summed E-state index contributed by atoms with van der Waals surface area (Å²) in [5.74, 6) is -3.43. The standard InChI is InChI=1S/C23H13Br2F2N3O5/c1-33-22(32)17-16(12-8-11(25)3-5-14(12)27)18-20(35-23(28)29-18)30-15(21(31)34-19(17)30)7-9-6-10(24)2-4-13(9)26/h2-8,16H,1H3,(H2,28,29)/b15-7+/t16-/m0/s1. The van der Waals surface area contributed by atoms with E-state index in [2.05, 4.69) is 36.8 Å². The van der Waals surface area contributed by atoms with Gasteiger partial charge in [-0.15, -0.1) is 0 Å². The second-order valence-electron chi connectivity index (χ2n) is 7.47. The number of anilines is 1. The molecule has 5 rings (SSSR count). The van der Waals surface area contributed by atoms with Gasteiger partial charge in [0.2, 0.25) is 11.4 Å². The van der Waals surface area contributed by atoms with E-state index in [0.29, 0.717) is 8.95 Å². The molecule has 2 aromatic heterocycles. The van der Waals surface area contributed by atoms with Crippen LogP contribution in [0.15, 0.2) is 59.0 Å². The van der Waals surface area contributed by atoms with E-state index < -0.39 is 29.1 Å². The van der Waals surface area contributed by atoms with Crippen LogP contribution in [0.5, 0.6) is 0 Å². The second-order valence-corrected chi connectivity index (χ2v) is 9.30. The molecule has 0 fully saturated rings. The van der Waals surface area contributed by atoms with Gasteiger partial charge in [0.05, 0.1) is 13.0 Å². The number of methoxy groups -OCH3 is 1. The third-order valence-electron chi connectivity index (χ3n) is 5.41. The molecule has 0 saturated heterocycles. The van der Waals surface area contributed by atoms with Crippen LogP contribution >= 0.6 is 31.9 Å². The van der Waals surface area contributed by atoms with Gasteiger partial charge in [0, 0.05) is 20.1 Å². The van der Waals surface area contributed by atoms with Gasteiger partial charge in [0.25, 0.3) is 6.01 Å². The SMILES string of the molecule is COC(=O)C1=c2oc(=O)/c(=C\c3cc(Br)ccc3F)n2-c2oc(N)nc2[C@H]1c1cc(Br)ccc1F. The first-order valence-electron chi connectivity index (χ1n) is 9.92. The average Bonchev–Trinajstić information content (AvgIpc) is 3.35. The van der Waals surface area contributed by atoms with Crippen LogP contribution in [0.25, 0.3) is 17.5 Å². The number of ether oxygens (including phenoxy) is 1. The van der Waals surface area contributed by atoms with Gasteiger partial charge in [0.15, 0.2) is 0 Å². The van der Waals surface area contributed by atoms with E-state index >= 15 is 0 Å². The van der Waals surface area contributed by atoms with Crippen molar-refractivity contribution in [1.82, 2.24) is 9.55 Å². The molecule has 35 heavy (non-hydrogen) atoms. The molecule has 2 N–H and O–H groups in total. The molecule has 0 aliphatic carbocycles. The Morgan fingerprint density at radius 1 is 1.14 bits per heavy atom. The minimum atomic E-state index is -1.18. The molecule has 0 bridgehead atoms. The molecule has 0 radical (unpaired) electrons. The first kappa shape index (κ1) is 23.2. The highest BCUT2D eigenvalue weighted by Gasteiger charge is 2.40. The third kappa shape index (κ3) is 3.82. The molecule has 178 valence electrons. The molecular weight excluding hydrogens is 596 g/mol. The molecule has 1 atom stereocenters. The monoisotopic (exact) mass is 607 g/mol. The van der Waals surface area contributed by atoms with Crippen LogP contribution in [0.1, 0.15) is 22.7 Å². The molecule has 1 aliphatic rings. The van der Waals surface area contributed by atoms with E-state index in [1.165, 1.54) is 42.5 Å². The minimum Gasteiger partial charge on any atom is -0.465 e. The number of nitrogens with two attached hydrogens (primary N) is 1. The van der Waals surface area contributed by atoms with Gasteiger partial charge in [-0.2, -0.15) is 4.98 Å². The third-order valence-corrected chi connectivity index (χ3v) is 6.40.